The van der Waals surface area contributed by atoms with Gasteiger partial charge in [-0.05, 0) is 50.4 Å². The molecule has 13 heteroatoms. The zero-order valence-electron chi connectivity index (χ0n) is 21.3. The molecular formula is C25H28N6O7. The van der Waals surface area contributed by atoms with E-state index in [1.807, 2.05) is 6.92 Å². The fraction of sp³-hybridized carbons (Fsp3) is 0.280. The second-order valence-corrected chi connectivity index (χ2v) is 7.69. The Hall–Kier alpha value is -4.78. The smallest absolute Gasteiger partial charge is 0.397 e. The molecule has 0 saturated carbocycles. The Morgan fingerprint density at radius 1 is 1.18 bits per heavy atom. The minimum Gasteiger partial charge on any atom is -0.488 e. The van der Waals surface area contributed by atoms with Crippen LogP contribution in [0.5, 0.6) is 17.2 Å². The number of carbonyl (C=O) groups is 2. The fourth-order valence-corrected chi connectivity index (χ4v) is 3.05. The van der Waals surface area contributed by atoms with E-state index >= 15 is 0 Å². The summed E-state index contributed by atoms with van der Waals surface area (Å²) >= 11 is 0. The molecule has 1 amide bonds. The lowest BCUT2D eigenvalue weighted by Crippen LogP contribution is -2.28. The number of rotatable bonds is 12. The number of hydrogen-bond donors (Lipinski definition) is 3. The summed E-state index contributed by atoms with van der Waals surface area (Å²) in [5.74, 6) is -0.487. The van der Waals surface area contributed by atoms with Crippen LogP contribution >= 0.6 is 0 Å². The molecule has 2 aromatic heterocycles. The highest BCUT2D eigenvalue weighted by Crippen LogP contribution is 2.29. The molecule has 1 atom stereocenters. The van der Waals surface area contributed by atoms with Crippen LogP contribution in [0, 0.1) is 5.41 Å². The molecule has 200 valence electrons. The molecule has 0 aliphatic rings. The van der Waals surface area contributed by atoms with Crippen molar-refractivity contribution in [3.05, 3.63) is 60.3 Å². The maximum atomic E-state index is 12.8. The van der Waals surface area contributed by atoms with Crippen molar-refractivity contribution in [2.45, 2.75) is 20.0 Å². The van der Waals surface area contributed by atoms with Gasteiger partial charge in [-0.25, -0.2) is 9.78 Å². The molecule has 3 rings (SSSR count). The summed E-state index contributed by atoms with van der Waals surface area (Å²) in [6.07, 6.45) is 4.06. The third kappa shape index (κ3) is 7.86. The first kappa shape index (κ1) is 27.8. The van der Waals surface area contributed by atoms with Crippen LogP contribution in [0.25, 0.3) is 11.5 Å². The molecule has 0 aliphatic carbocycles. The average molecular weight is 525 g/mol. The molecule has 3 aromatic rings. The summed E-state index contributed by atoms with van der Waals surface area (Å²) in [6, 6.07) is 7.87. The van der Waals surface area contributed by atoms with Crippen molar-refractivity contribution in [3.8, 4) is 28.8 Å². The van der Waals surface area contributed by atoms with Crippen molar-refractivity contribution in [2.75, 3.05) is 27.4 Å². The maximum Gasteiger partial charge on any atom is 0.397 e. The molecule has 38 heavy (non-hydrogen) atoms. The number of benzene rings is 1. The Kier molecular flexibility index (Phi) is 9.88. The van der Waals surface area contributed by atoms with Crippen LogP contribution in [-0.2, 0) is 9.47 Å². The lowest BCUT2D eigenvalue weighted by Gasteiger charge is -2.16. The van der Waals surface area contributed by atoms with Crippen molar-refractivity contribution in [3.63, 3.8) is 0 Å². The van der Waals surface area contributed by atoms with E-state index in [0.29, 0.717) is 29.5 Å². The zero-order valence-corrected chi connectivity index (χ0v) is 21.3. The summed E-state index contributed by atoms with van der Waals surface area (Å²) in [4.78, 5) is 32.7. The molecule has 0 fully saturated rings. The number of amides is 1. The number of carbonyl (C=O) groups excluding carboxylic acids is 2. The second kappa shape index (κ2) is 13.5. The van der Waals surface area contributed by atoms with Gasteiger partial charge in [0, 0.05) is 25.8 Å². The van der Waals surface area contributed by atoms with Gasteiger partial charge in [0.25, 0.3) is 5.91 Å². The van der Waals surface area contributed by atoms with Gasteiger partial charge >= 0.3 is 11.9 Å². The molecule has 0 bridgehead atoms. The number of esters is 1. The van der Waals surface area contributed by atoms with Crippen LogP contribution in [-0.4, -0.2) is 66.3 Å². The fourth-order valence-electron chi connectivity index (χ4n) is 3.05. The summed E-state index contributed by atoms with van der Waals surface area (Å²) in [6.45, 7) is 4.01. The maximum absolute atomic E-state index is 12.8. The molecule has 0 unspecified atom stereocenters. The van der Waals surface area contributed by atoms with Gasteiger partial charge in [-0.2, -0.15) is 4.98 Å². The van der Waals surface area contributed by atoms with Crippen LogP contribution < -0.4 is 20.1 Å². The van der Waals surface area contributed by atoms with Crippen molar-refractivity contribution in [1.29, 1.82) is 5.41 Å². The highest BCUT2D eigenvalue weighted by Gasteiger charge is 2.18. The van der Waals surface area contributed by atoms with E-state index in [4.69, 9.17) is 28.9 Å². The number of nitrogens with zero attached hydrogens (tertiary/aromatic N) is 3. The van der Waals surface area contributed by atoms with E-state index < -0.39 is 11.9 Å². The van der Waals surface area contributed by atoms with E-state index in [1.165, 1.54) is 24.5 Å². The predicted octanol–water partition coefficient (Wildman–Crippen LogP) is 2.95. The summed E-state index contributed by atoms with van der Waals surface area (Å²) < 4.78 is 26.7. The molecule has 0 saturated heterocycles. The van der Waals surface area contributed by atoms with Crippen LogP contribution in [0.15, 0.2) is 53.3 Å². The Balaban J connectivity index is 1.80. The van der Waals surface area contributed by atoms with Gasteiger partial charge in [0.2, 0.25) is 5.82 Å². The SMILES string of the molecule is CCOC(=O)c1nc(-c2ccc(Oc3cc(O[C@@H](C)COC)cc(C(=O)NC(=N)/C=C\NC)c3)cn2)no1. The zero-order chi connectivity index (χ0) is 27.5. The first-order valence-corrected chi connectivity index (χ1v) is 11.5. The number of aromatic nitrogens is 3. The van der Waals surface area contributed by atoms with E-state index in [1.54, 1.807) is 45.3 Å². The lowest BCUT2D eigenvalue weighted by molar-refractivity contribution is 0.0470. The normalized spacial score (nSPS) is 11.6. The van der Waals surface area contributed by atoms with E-state index in [2.05, 4.69) is 25.8 Å². The van der Waals surface area contributed by atoms with Crippen LogP contribution in [0.2, 0.25) is 0 Å². The average Bonchev–Trinajstić information content (AvgIpc) is 3.38. The standard InChI is InChI=1S/C25H28N6O7/c1-5-35-25(33)24-30-22(31-38-24)20-7-6-17(13-28-20)37-19-11-16(23(32)29-21(26)8-9-27-3)10-18(12-19)36-15(2)14-34-4/h6-13,15,27H,5,14H2,1-4H3,(H2,26,29,32)/b9-8-/t15-/m0/s1. The molecule has 13 nitrogen and oxygen atoms in total. The van der Waals surface area contributed by atoms with E-state index in [-0.39, 0.29) is 35.8 Å². The molecule has 0 aliphatic heterocycles. The van der Waals surface area contributed by atoms with Gasteiger partial charge in [-0.15, -0.1) is 0 Å². The summed E-state index contributed by atoms with van der Waals surface area (Å²) in [5.41, 5.74) is 0.558. The lowest BCUT2D eigenvalue weighted by atomic mass is 10.2. The third-order valence-corrected chi connectivity index (χ3v) is 4.62. The predicted molar refractivity (Wildman–Crippen MR) is 135 cm³/mol. The number of hydrogen-bond acceptors (Lipinski definition) is 12. The topological polar surface area (TPSA) is 171 Å². The van der Waals surface area contributed by atoms with Gasteiger partial charge < -0.3 is 34.1 Å². The van der Waals surface area contributed by atoms with E-state index in [0.717, 1.165) is 0 Å². The van der Waals surface area contributed by atoms with Crippen molar-refractivity contribution < 1.29 is 33.1 Å². The number of amidine groups is 1. The van der Waals surface area contributed by atoms with Crippen molar-refractivity contribution >= 4 is 17.7 Å². The van der Waals surface area contributed by atoms with Gasteiger partial charge in [-0.1, -0.05) is 5.16 Å². The monoisotopic (exact) mass is 524 g/mol. The quantitative estimate of drug-likeness (QED) is 0.181. The first-order chi connectivity index (χ1) is 18.3. The molecular weight excluding hydrogens is 496 g/mol. The van der Waals surface area contributed by atoms with E-state index in [9.17, 15) is 9.59 Å². The first-order valence-electron chi connectivity index (χ1n) is 11.5. The molecule has 3 N–H and O–H groups in total. The number of nitrogens with one attached hydrogen (secondary N) is 3. The van der Waals surface area contributed by atoms with Gasteiger partial charge in [0.1, 0.15) is 34.9 Å². The summed E-state index contributed by atoms with van der Waals surface area (Å²) in [5, 5.41) is 16.9. The molecule has 0 radical (unpaired) electrons. The van der Waals surface area contributed by atoms with Crippen molar-refractivity contribution in [1.82, 2.24) is 25.8 Å². The second-order valence-electron chi connectivity index (χ2n) is 7.69. The third-order valence-electron chi connectivity index (χ3n) is 4.62. The number of methoxy groups -OCH3 is 1. The highest BCUT2D eigenvalue weighted by molar-refractivity contribution is 6.09. The summed E-state index contributed by atoms with van der Waals surface area (Å²) in [7, 11) is 3.24. The van der Waals surface area contributed by atoms with Crippen LogP contribution in [0.4, 0.5) is 0 Å². The molecule has 1 aromatic carbocycles. The molecule has 0 spiro atoms. The Labute approximate surface area is 218 Å². The number of pyridine rings is 1. The van der Waals surface area contributed by atoms with Gasteiger partial charge in [0.15, 0.2) is 0 Å². The Morgan fingerprint density at radius 2 is 1.97 bits per heavy atom. The minimum atomic E-state index is -0.721. The van der Waals surface area contributed by atoms with Crippen LogP contribution in [0.3, 0.4) is 0 Å². The minimum absolute atomic E-state index is 0.0988. The highest BCUT2D eigenvalue weighted by atomic mass is 16.6. The van der Waals surface area contributed by atoms with Crippen LogP contribution in [0.1, 0.15) is 34.9 Å². The van der Waals surface area contributed by atoms with Gasteiger partial charge in [-0.3, -0.25) is 10.2 Å². The van der Waals surface area contributed by atoms with Crippen molar-refractivity contribution in [2.24, 2.45) is 0 Å². The largest absolute Gasteiger partial charge is 0.488 e. The van der Waals surface area contributed by atoms with Gasteiger partial charge in [0.05, 0.1) is 19.4 Å². The number of ether oxygens (including phenoxy) is 4. The Morgan fingerprint density at radius 3 is 2.66 bits per heavy atom. The molecule has 2 heterocycles. The Bertz CT molecular complexity index is 1290.